The van der Waals surface area contributed by atoms with Crippen molar-refractivity contribution in [2.45, 2.75) is 6.42 Å². The van der Waals surface area contributed by atoms with Gasteiger partial charge < -0.3 is 9.47 Å². The molecule has 0 saturated heterocycles. The van der Waals surface area contributed by atoms with Gasteiger partial charge in [-0.3, -0.25) is 0 Å². The average Bonchev–Trinajstić information content (AvgIpc) is 3.31. The molecule has 240 valence electrons. The number of hydrogen-bond donors (Lipinski definition) is 0. The summed E-state index contributed by atoms with van der Waals surface area (Å²) in [5.41, 5.74) is 10.8. The van der Waals surface area contributed by atoms with Crippen LogP contribution in [-0.2, 0) is 6.42 Å². The van der Waals surface area contributed by atoms with Crippen molar-refractivity contribution < 1.29 is 0 Å². The summed E-state index contributed by atoms with van der Waals surface area (Å²) in [5.74, 6) is 0. The summed E-state index contributed by atoms with van der Waals surface area (Å²) in [6.45, 7) is 0. The molecule has 0 amide bonds. The third-order valence-electron chi connectivity index (χ3n) is 10.4. The van der Waals surface area contributed by atoms with E-state index in [1.807, 2.05) is 0 Å². The summed E-state index contributed by atoms with van der Waals surface area (Å²) < 4.78 is 2.42. The third kappa shape index (κ3) is 4.87. The van der Waals surface area contributed by atoms with Crippen molar-refractivity contribution >= 4 is 66.4 Å². The van der Waals surface area contributed by atoms with Crippen LogP contribution in [0.2, 0.25) is 0 Å². The molecule has 1 aliphatic carbocycles. The van der Waals surface area contributed by atoms with Crippen molar-refractivity contribution in [2.24, 2.45) is 0 Å². The topological polar surface area (TPSA) is 8.17 Å². The molecule has 10 rings (SSSR count). The van der Waals surface area contributed by atoms with Crippen molar-refractivity contribution in [3.05, 3.63) is 199 Å². The molecule has 2 nitrogen and oxygen atoms in total. The zero-order chi connectivity index (χ0) is 33.7. The molecule has 0 bridgehead atoms. The van der Waals surface area contributed by atoms with Crippen LogP contribution in [-0.4, -0.2) is 4.57 Å². The first-order valence-corrected chi connectivity index (χ1v) is 17.7. The number of allylic oxidation sites excluding steroid dienone is 3. The maximum atomic E-state index is 2.42. The second-order valence-corrected chi connectivity index (χ2v) is 13.3. The molecule has 8 aromatic carbocycles. The van der Waals surface area contributed by atoms with E-state index in [0.29, 0.717) is 0 Å². The van der Waals surface area contributed by atoms with Crippen LogP contribution in [0.5, 0.6) is 0 Å². The number of hydrogen-bond acceptors (Lipinski definition) is 1. The third-order valence-corrected chi connectivity index (χ3v) is 10.4. The Kier molecular flexibility index (Phi) is 6.92. The lowest BCUT2D eigenvalue weighted by molar-refractivity contribution is 1.00. The van der Waals surface area contributed by atoms with Gasteiger partial charge in [0, 0.05) is 45.8 Å². The quantitative estimate of drug-likeness (QED) is 0.168. The van der Waals surface area contributed by atoms with Crippen molar-refractivity contribution in [2.75, 3.05) is 4.90 Å². The molecule has 0 saturated carbocycles. The predicted octanol–water partition coefficient (Wildman–Crippen LogP) is 13.4. The molecule has 9 aromatic rings. The van der Waals surface area contributed by atoms with Gasteiger partial charge in [0.15, 0.2) is 0 Å². The Morgan fingerprint density at radius 2 is 0.980 bits per heavy atom. The van der Waals surface area contributed by atoms with Crippen LogP contribution in [0.25, 0.3) is 66.1 Å². The number of rotatable bonds is 5. The largest absolute Gasteiger partial charge is 0.313 e. The molecule has 0 fully saturated rings. The highest BCUT2D eigenvalue weighted by molar-refractivity contribution is 6.25. The summed E-state index contributed by atoms with van der Waals surface area (Å²) in [4.78, 5) is 2.37. The highest BCUT2D eigenvalue weighted by Crippen LogP contribution is 2.42. The van der Waals surface area contributed by atoms with E-state index in [9.17, 15) is 0 Å². The van der Waals surface area contributed by atoms with Gasteiger partial charge in [-0.1, -0.05) is 133 Å². The van der Waals surface area contributed by atoms with E-state index in [0.717, 1.165) is 23.5 Å². The number of nitrogens with zero attached hydrogens (tertiary/aromatic N) is 2. The van der Waals surface area contributed by atoms with Crippen molar-refractivity contribution in [3.8, 4) is 16.8 Å². The Morgan fingerprint density at radius 1 is 0.412 bits per heavy atom. The van der Waals surface area contributed by atoms with Gasteiger partial charge >= 0.3 is 0 Å². The SMILES string of the molecule is C1=CCc2c(c3cc(-c4ccc(N(c5ccccc5)c5ccc6c7ccccc7c7ccccc7c6c5)cc4)ccc3n2-c2ccccc2)C=C1. The van der Waals surface area contributed by atoms with Crippen molar-refractivity contribution in [1.82, 2.24) is 4.57 Å². The molecule has 0 unspecified atom stereocenters. The van der Waals surface area contributed by atoms with E-state index in [1.165, 1.54) is 71.3 Å². The molecular formula is C49H34N2. The van der Waals surface area contributed by atoms with Crippen LogP contribution in [0.4, 0.5) is 17.1 Å². The first-order chi connectivity index (χ1) is 25.3. The fourth-order valence-electron chi connectivity index (χ4n) is 8.08. The lowest BCUT2D eigenvalue weighted by atomic mass is 9.94. The van der Waals surface area contributed by atoms with Gasteiger partial charge in [0.1, 0.15) is 0 Å². The van der Waals surface area contributed by atoms with E-state index in [1.54, 1.807) is 0 Å². The van der Waals surface area contributed by atoms with Crippen molar-refractivity contribution in [3.63, 3.8) is 0 Å². The number of benzene rings is 8. The molecule has 1 aromatic heterocycles. The van der Waals surface area contributed by atoms with Crippen LogP contribution in [0.15, 0.2) is 188 Å². The summed E-state index contributed by atoms with van der Waals surface area (Å²) in [6, 6.07) is 61.9. The molecule has 0 N–H and O–H groups in total. The molecular weight excluding hydrogens is 617 g/mol. The van der Waals surface area contributed by atoms with Gasteiger partial charge in [0.2, 0.25) is 0 Å². The van der Waals surface area contributed by atoms with Crippen LogP contribution in [0, 0.1) is 0 Å². The molecule has 1 heterocycles. The molecule has 0 radical (unpaired) electrons. The van der Waals surface area contributed by atoms with E-state index < -0.39 is 0 Å². The molecule has 0 atom stereocenters. The van der Waals surface area contributed by atoms with Gasteiger partial charge in [0.25, 0.3) is 0 Å². The average molecular weight is 651 g/mol. The fourth-order valence-corrected chi connectivity index (χ4v) is 8.08. The minimum absolute atomic E-state index is 0.895. The summed E-state index contributed by atoms with van der Waals surface area (Å²) in [5, 5.41) is 8.95. The fraction of sp³-hybridized carbons (Fsp3) is 0.0204. The second-order valence-electron chi connectivity index (χ2n) is 13.3. The Labute approximate surface area is 297 Å². The molecule has 51 heavy (non-hydrogen) atoms. The predicted molar refractivity (Wildman–Crippen MR) is 218 cm³/mol. The minimum Gasteiger partial charge on any atom is -0.313 e. The van der Waals surface area contributed by atoms with Gasteiger partial charge in [-0.15, -0.1) is 0 Å². The molecule has 1 aliphatic rings. The summed E-state index contributed by atoms with van der Waals surface area (Å²) in [7, 11) is 0. The van der Waals surface area contributed by atoms with Crippen LogP contribution < -0.4 is 4.90 Å². The number of aromatic nitrogens is 1. The first kappa shape index (κ1) is 29.3. The van der Waals surface area contributed by atoms with E-state index in [-0.39, 0.29) is 0 Å². The first-order valence-electron chi connectivity index (χ1n) is 17.7. The molecule has 0 aliphatic heterocycles. The molecule has 2 heteroatoms. The monoisotopic (exact) mass is 650 g/mol. The Bertz CT molecular complexity index is 2770. The Hall–Kier alpha value is -6.64. The lowest BCUT2D eigenvalue weighted by Crippen LogP contribution is -2.09. The van der Waals surface area contributed by atoms with Crippen LogP contribution in [0.1, 0.15) is 11.3 Å². The van der Waals surface area contributed by atoms with Crippen molar-refractivity contribution in [1.29, 1.82) is 0 Å². The number of anilines is 3. The maximum Gasteiger partial charge on any atom is 0.0538 e. The Balaban J connectivity index is 1.09. The summed E-state index contributed by atoms with van der Waals surface area (Å²) in [6.07, 6.45) is 9.73. The van der Waals surface area contributed by atoms with Gasteiger partial charge in [-0.25, -0.2) is 0 Å². The highest BCUT2D eigenvalue weighted by Gasteiger charge is 2.19. The second kappa shape index (κ2) is 12.0. The Morgan fingerprint density at radius 3 is 1.69 bits per heavy atom. The highest BCUT2D eigenvalue weighted by atomic mass is 15.1. The zero-order valence-electron chi connectivity index (χ0n) is 28.1. The zero-order valence-corrected chi connectivity index (χ0v) is 28.1. The maximum absolute atomic E-state index is 2.42. The van der Waals surface area contributed by atoms with Gasteiger partial charge in [-0.05, 0) is 104 Å². The van der Waals surface area contributed by atoms with Gasteiger partial charge in [0.05, 0.1) is 5.52 Å². The molecule has 0 spiro atoms. The van der Waals surface area contributed by atoms with Gasteiger partial charge in [-0.2, -0.15) is 0 Å². The lowest BCUT2D eigenvalue weighted by Gasteiger charge is -2.26. The smallest absolute Gasteiger partial charge is 0.0538 e. The van der Waals surface area contributed by atoms with E-state index in [4.69, 9.17) is 0 Å². The number of para-hydroxylation sites is 2. The minimum atomic E-state index is 0.895. The normalized spacial score (nSPS) is 12.5. The standard InChI is InChI=1S/C49H34N2/c1-4-14-36(15-5-1)50(39-29-30-44-42-20-11-10-18-40(42)41-19-12-13-21-43(41)46(44)33-39)38-27-24-34(25-28-38)35-26-31-49-47(32-35)45-22-8-3-9-23-48(45)51(49)37-16-6-2-7-17-37/h1-22,24-33H,23H2. The van der Waals surface area contributed by atoms with E-state index in [2.05, 4.69) is 204 Å². The van der Waals surface area contributed by atoms with Crippen LogP contribution >= 0.6 is 0 Å². The van der Waals surface area contributed by atoms with E-state index >= 15 is 0 Å². The number of fused-ring (bicyclic) bond motifs is 9. The van der Waals surface area contributed by atoms with Crippen LogP contribution in [0.3, 0.4) is 0 Å². The summed E-state index contributed by atoms with van der Waals surface area (Å²) >= 11 is 0.